The zero-order valence-electron chi connectivity index (χ0n) is 71.7. The van der Waals surface area contributed by atoms with Gasteiger partial charge in [-0.3, -0.25) is 0 Å². The summed E-state index contributed by atoms with van der Waals surface area (Å²) < 4.78 is 10.4. The van der Waals surface area contributed by atoms with Gasteiger partial charge in [0.15, 0.2) is 0 Å². The first-order chi connectivity index (χ1) is 42.6. The van der Waals surface area contributed by atoms with Crippen molar-refractivity contribution in [3.8, 4) is 0 Å². The van der Waals surface area contributed by atoms with Crippen LogP contribution in [0.3, 0.4) is 0 Å². The predicted octanol–water partition coefficient (Wildman–Crippen LogP) is 32.0. The molecule has 572 valence electrons. The Balaban J connectivity index is 0.00000103. The largest absolute Gasteiger partial charge is 0.381 e. The van der Waals surface area contributed by atoms with E-state index in [1.165, 1.54) is 225 Å². The van der Waals surface area contributed by atoms with Gasteiger partial charge < -0.3 is 9.47 Å². The van der Waals surface area contributed by atoms with Crippen molar-refractivity contribution in [3.63, 3.8) is 0 Å². The molecule has 10 fully saturated rings. The van der Waals surface area contributed by atoms with Gasteiger partial charge in [0.05, 0.1) is 13.2 Å². The number of rotatable bonds is 10. The summed E-state index contributed by atoms with van der Waals surface area (Å²) in [5.74, 6) is 10.1. The number of hydrogen-bond acceptors (Lipinski definition) is 2. The van der Waals surface area contributed by atoms with E-state index in [2.05, 4.69) is 222 Å². The average molecular weight is 1340 g/mol. The van der Waals surface area contributed by atoms with Crippen LogP contribution in [0.4, 0.5) is 0 Å². The van der Waals surface area contributed by atoms with Gasteiger partial charge in [-0.05, 0) is 203 Å². The van der Waals surface area contributed by atoms with Crippen LogP contribution in [0.25, 0.3) is 0 Å². The van der Waals surface area contributed by atoms with E-state index in [1.807, 2.05) is 0 Å². The smallest absolute Gasteiger partial charge is 0.0516 e. The second-order valence-electron chi connectivity index (χ2n) is 46.6. The molecule has 8 saturated carbocycles. The summed E-state index contributed by atoms with van der Waals surface area (Å²) in [6, 6.07) is 0. The van der Waals surface area contributed by atoms with Crippen LogP contribution < -0.4 is 0 Å². The van der Waals surface area contributed by atoms with Crippen molar-refractivity contribution in [2.24, 2.45) is 119 Å². The molecule has 0 N–H and O–H groups in total. The standard InChI is InChI=1S/2C11H22.C10H20.C9H18O.3C9H18.C8H16O.2C8H16.CH4/c2*1-11(2,3)9-10-7-5-4-6-8-10;1-10(2,3)8-9-6-4-5-7-9;1-9(2,3)6-8-4-5-10-7-8;1-8(2,3)7-9(4)5-6-9;1-7(8-5-6-8)9(2,3)4;1-9(2,3)7-8-5-4-6-8;1-8(2,3)4-7-5-9-6-7;2*1-8(2,3)6-7-4-5-7;/h2*10H,4-9H2,1-3H3;9H,4-8H2,1-3H3;8H,4-7H2,1-3H3;5-7H2,1-4H3;7-8H,5-6H2,1-4H3;8H,4-7H2,1-3H3;7H,4-6H2,1-3H3;2*7H,4-6H2,1-3H3;1H4. The van der Waals surface area contributed by atoms with Gasteiger partial charge in [0, 0.05) is 19.1 Å². The lowest BCUT2D eigenvalue weighted by molar-refractivity contribution is -0.0486. The molecule has 10 rings (SSSR count). The zero-order valence-corrected chi connectivity index (χ0v) is 71.7. The Morgan fingerprint density at radius 2 is 0.516 bits per heavy atom. The van der Waals surface area contributed by atoms with Crippen LogP contribution in [0, 0.1) is 119 Å². The molecule has 0 bridgehead atoms. The van der Waals surface area contributed by atoms with Crippen LogP contribution in [0.2, 0.25) is 0 Å². The van der Waals surface area contributed by atoms with Crippen molar-refractivity contribution in [2.45, 2.75) is 454 Å². The molecule has 2 atom stereocenters. The third-order valence-corrected chi connectivity index (χ3v) is 21.2. The maximum Gasteiger partial charge on any atom is 0.0516 e. The molecule has 2 aliphatic heterocycles. The number of hydrogen-bond donors (Lipinski definition) is 0. The molecule has 0 aromatic heterocycles. The summed E-state index contributed by atoms with van der Waals surface area (Å²) in [6.07, 6.45) is 51.2. The number of ether oxygens (including phenoxy) is 2. The van der Waals surface area contributed by atoms with E-state index in [0.29, 0.717) is 54.1 Å². The third-order valence-electron chi connectivity index (χ3n) is 21.2. The van der Waals surface area contributed by atoms with Gasteiger partial charge in [-0.2, -0.15) is 0 Å². The summed E-state index contributed by atoms with van der Waals surface area (Å²) in [5, 5.41) is 0. The molecular weight excluding hydrogens is 1150 g/mol. The minimum atomic E-state index is 0. The normalized spacial score (nSPS) is 22.5. The van der Waals surface area contributed by atoms with Crippen molar-refractivity contribution in [2.75, 3.05) is 26.4 Å². The predicted molar refractivity (Wildman–Crippen MR) is 433 cm³/mol. The van der Waals surface area contributed by atoms with E-state index in [-0.39, 0.29) is 7.43 Å². The molecule has 2 unspecified atom stereocenters. The molecule has 0 radical (unpaired) electrons. The van der Waals surface area contributed by atoms with Gasteiger partial charge in [-0.15, -0.1) is 0 Å². The molecule has 0 aromatic carbocycles. The minimum absolute atomic E-state index is 0. The van der Waals surface area contributed by atoms with Crippen molar-refractivity contribution in [1.82, 2.24) is 0 Å². The molecule has 8 aliphatic carbocycles. The lowest BCUT2D eigenvalue weighted by Gasteiger charge is -2.31. The van der Waals surface area contributed by atoms with E-state index in [9.17, 15) is 0 Å². The van der Waals surface area contributed by atoms with E-state index in [4.69, 9.17) is 9.47 Å². The maximum absolute atomic E-state index is 5.30. The second kappa shape index (κ2) is 43.3. The van der Waals surface area contributed by atoms with Gasteiger partial charge >= 0.3 is 0 Å². The third kappa shape index (κ3) is 63.4. The monoisotopic (exact) mass is 1340 g/mol. The molecule has 0 spiro atoms. The highest BCUT2D eigenvalue weighted by Gasteiger charge is 2.40. The molecule has 10 aliphatic rings. The summed E-state index contributed by atoms with van der Waals surface area (Å²) in [7, 11) is 0. The van der Waals surface area contributed by atoms with Gasteiger partial charge in [-0.25, -0.2) is 0 Å². The van der Waals surface area contributed by atoms with Crippen molar-refractivity contribution >= 4 is 0 Å². The van der Waals surface area contributed by atoms with Crippen LogP contribution in [0.5, 0.6) is 0 Å². The van der Waals surface area contributed by atoms with Crippen molar-refractivity contribution < 1.29 is 9.47 Å². The molecule has 2 heteroatoms. The van der Waals surface area contributed by atoms with E-state index < -0.39 is 0 Å². The Kier molecular flexibility index (Phi) is 43.2. The van der Waals surface area contributed by atoms with Gasteiger partial charge in [0.25, 0.3) is 0 Å². The Labute approximate surface area is 605 Å². The summed E-state index contributed by atoms with van der Waals surface area (Å²) in [6.45, 7) is 78.7. The first-order valence-corrected chi connectivity index (χ1v) is 41.7. The van der Waals surface area contributed by atoms with E-state index in [0.717, 1.165) is 91.0 Å². The highest BCUT2D eigenvalue weighted by atomic mass is 16.5. The molecule has 95 heavy (non-hydrogen) atoms. The average Bonchev–Trinajstić information content (AvgIpc) is 1.68. The zero-order chi connectivity index (χ0) is 72.3. The lowest BCUT2D eigenvalue weighted by Crippen LogP contribution is -2.31. The van der Waals surface area contributed by atoms with Crippen LogP contribution in [0.15, 0.2) is 0 Å². The highest BCUT2D eigenvalue weighted by Crippen LogP contribution is 2.53. The topological polar surface area (TPSA) is 18.5 Å². The quantitative estimate of drug-likeness (QED) is 0.217. The van der Waals surface area contributed by atoms with Gasteiger partial charge in [-0.1, -0.05) is 364 Å². The second-order valence-corrected chi connectivity index (χ2v) is 46.6. The van der Waals surface area contributed by atoms with Crippen LogP contribution in [-0.2, 0) is 9.47 Å². The fraction of sp³-hybridized carbons (Fsp3) is 1.00. The summed E-state index contributed by atoms with van der Waals surface area (Å²) in [5.41, 5.74) is 6.23. The molecule has 2 nitrogen and oxygen atoms in total. The Bertz CT molecular complexity index is 1700. The van der Waals surface area contributed by atoms with Crippen molar-refractivity contribution in [1.29, 1.82) is 0 Å². The Morgan fingerprint density at radius 3 is 0.653 bits per heavy atom. The maximum atomic E-state index is 5.30. The van der Waals surface area contributed by atoms with Crippen LogP contribution in [-0.4, -0.2) is 26.4 Å². The molecule has 0 amide bonds. The van der Waals surface area contributed by atoms with Crippen LogP contribution in [0.1, 0.15) is 454 Å². The Hall–Kier alpha value is -0.0800. The fourth-order valence-corrected chi connectivity index (χ4v) is 16.4. The van der Waals surface area contributed by atoms with Gasteiger partial charge in [0.2, 0.25) is 0 Å². The first-order valence-electron chi connectivity index (χ1n) is 41.7. The lowest BCUT2D eigenvalue weighted by atomic mass is 9.74. The van der Waals surface area contributed by atoms with Crippen LogP contribution >= 0.6 is 0 Å². The Morgan fingerprint density at radius 1 is 0.274 bits per heavy atom. The van der Waals surface area contributed by atoms with E-state index >= 15 is 0 Å². The molecular formula is C93H188O2. The molecule has 2 heterocycles. The van der Waals surface area contributed by atoms with Gasteiger partial charge in [0.1, 0.15) is 0 Å². The van der Waals surface area contributed by atoms with E-state index in [1.54, 1.807) is 0 Å². The highest BCUT2D eigenvalue weighted by molar-refractivity contribution is 4.92. The minimum Gasteiger partial charge on any atom is -0.381 e. The molecule has 0 aromatic rings. The van der Waals surface area contributed by atoms with Crippen molar-refractivity contribution in [3.05, 3.63) is 0 Å². The fourth-order valence-electron chi connectivity index (χ4n) is 16.4. The summed E-state index contributed by atoms with van der Waals surface area (Å²) in [4.78, 5) is 0. The summed E-state index contributed by atoms with van der Waals surface area (Å²) >= 11 is 0. The SMILES string of the molecule is C.CC(C)(C)CC1(C)CC1.CC(C)(C)CC1CC1.CC(C)(C)CC1CC1.CC(C)(C)CC1CCC1.CC(C)(C)CC1CCCC1.CC(C)(C)CC1CCCCC1.CC(C)(C)CC1CCCCC1.CC(C)(C)CC1CCOC1.CC(C)(C)CC1COC1.CC(C1CC1)C(C)(C)C. The molecule has 2 saturated heterocycles. The first kappa shape index (κ1) is 94.9.